The zero-order valence-electron chi connectivity index (χ0n) is 8.84. The first-order valence-corrected chi connectivity index (χ1v) is 4.60. The van der Waals surface area contributed by atoms with E-state index in [2.05, 4.69) is 4.79 Å². The largest absolute Gasteiger partial charge is 0.361 e. The van der Waals surface area contributed by atoms with Gasteiger partial charge in [-0.2, -0.15) is 4.79 Å². The number of amides is 1. The minimum absolute atomic E-state index is 0.0681. The minimum atomic E-state index is 0.0681. The fourth-order valence-corrected chi connectivity index (χ4v) is 1.12. The monoisotopic (exact) mass is 203 g/mol. The molecule has 0 aliphatic rings. The molecule has 4 nitrogen and oxygen atoms in total. The van der Waals surface area contributed by atoms with Gasteiger partial charge in [0.1, 0.15) is 0 Å². The summed E-state index contributed by atoms with van der Waals surface area (Å²) in [5.74, 6) is 0.0681. The standard InChI is InChI=1S/C11H13N3O/c1-14(2)11(15)7-9-3-5-10(6-4-9)8-13-12/h3-6,8H,7H2,1-2H3. The first-order valence-electron chi connectivity index (χ1n) is 4.60. The zero-order chi connectivity index (χ0) is 11.3. The molecular formula is C11H13N3O. The van der Waals surface area contributed by atoms with Gasteiger partial charge >= 0.3 is 0 Å². The fourth-order valence-electron chi connectivity index (χ4n) is 1.12. The third-order valence-electron chi connectivity index (χ3n) is 2.04. The van der Waals surface area contributed by atoms with Crippen LogP contribution in [0.4, 0.5) is 0 Å². The molecule has 0 saturated heterocycles. The van der Waals surface area contributed by atoms with E-state index in [0.29, 0.717) is 6.42 Å². The molecule has 0 unspecified atom stereocenters. The van der Waals surface area contributed by atoms with Gasteiger partial charge in [-0.3, -0.25) is 4.79 Å². The van der Waals surface area contributed by atoms with E-state index < -0.39 is 0 Å². The van der Waals surface area contributed by atoms with E-state index >= 15 is 0 Å². The highest BCUT2D eigenvalue weighted by molar-refractivity contribution is 5.79. The van der Waals surface area contributed by atoms with Crippen molar-refractivity contribution < 1.29 is 9.58 Å². The van der Waals surface area contributed by atoms with Crippen LogP contribution < -0.4 is 0 Å². The second kappa shape index (κ2) is 5.08. The number of benzene rings is 1. The predicted octanol–water partition coefficient (Wildman–Crippen LogP) is 0.966. The van der Waals surface area contributed by atoms with Gasteiger partial charge in [-0.05, 0) is 17.7 Å². The summed E-state index contributed by atoms with van der Waals surface area (Å²) in [5.41, 5.74) is 10.1. The van der Waals surface area contributed by atoms with Crippen LogP contribution in [0.3, 0.4) is 0 Å². The molecule has 0 aromatic heterocycles. The number of hydrogen-bond acceptors (Lipinski definition) is 1. The van der Waals surface area contributed by atoms with Gasteiger partial charge < -0.3 is 10.4 Å². The van der Waals surface area contributed by atoms with Crippen LogP contribution in [0.1, 0.15) is 11.1 Å². The molecule has 0 radical (unpaired) electrons. The van der Waals surface area contributed by atoms with Crippen LogP contribution in [0.5, 0.6) is 0 Å². The third-order valence-corrected chi connectivity index (χ3v) is 2.04. The van der Waals surface area contributed by atoms with E-state index in [1.807, 2.05) is 12.1 Å². The molecule has 0 spiro atoms. The number of likely N-dealkylation sites (N-methyl/N-ethyl adjacent to an activating group) is 1. The van der Waals surface area contributed by atoms with Gasteiger partial charge in [0.15, 0.2) is 0 Å². The second-order valence-electron chi connectivity index (χ2n) is 3.45. The maximum Gasteiger partial charge on any atom is 0.287 e. The van der Waals surface area contributed by atoms with Crippen LogP contribution in [-0.2, 0) is 11.2 Å². The smallest absolute Gasteiger partial charge is 0.287 e. The Kier molecular flexibility index (Phi) is 3.77. The number of nitrogens with zero attached hydrogens (tertiary/aromatic N) is 3. The van der Waals surface area contributed by atoms with E-state index in [-0.39, 0.29) is 5.91 Å². The number of hydrogen-bond donors (Lipinski definition) is 0. The molecule has 1 aromatic carbocycles. The van der Waals surface area contributed by atoms with Gasteiger partial charge in [0.05, 0.1) is 12.0 Å². The van der Waals surface area contributed by atoms with E-state index in [4.69, 9.17) is 5.53 Å². The third kappa shape index (κ3) is 3.37. The molecule has 0 aliphatic carbocycles. The topological polar surface area (TPSA) is 56.7 Å². The van der Waals surface area contributed by atoms with Crippen molar-refractivity contribution in [2.24, 2.45) is 0 Å². The quantitative estimate of drug-likeness (QED) is 0.410. The minimum Gasteiger partial charge on any atom is -0.361 e. The lowest BCUT2D eigenvalue weighted by Crippen LogP contribution is -2.23. The van der Waals surface area contributed by atoms with Crippen LogP contribution in [0.25, 0.3) is 5.53 Å². The Hall–Kier alpha value is -1.93. The van der Waals surface area contributed by atoms with E-state index in [0.717, 1.165) is 11.1 Å². The molecule has 15 heavy (non-hydrogen) atoms. The van der Waals surface area contributed by atoms with Gasteiger partial charge in [-0.1, -0.05) is 12.1 Å². The molecule has 1 rings (SSSR count). The molecule has 4 heteroatoms. The van der Waals surface area contributed by atoms with Crippen molar-refractivity contribution in [2.45, 2.75) is 6.42 Å². The summed E-state index contributed by atoms with van der Waals surface area (Å²) in [7, 11) is 3.46. The Balaban J connectivity index is 2.72. The zero-order valence-corrected chi connectivity index (χ0v) is 8.84. The Bertz CT molecular complexity index is 389. The first kappa shape index (κ1) is 11.1. The van der Waals surface area contributed by atoms with Crippen LogP contribution >= 0.6 is 0 Å². The van der Waals surface area contributed by atoms with Crippen molar-refractivity contribution in [1.29, 1.82) is 0 Å². The molecule has 0 saturated carbocycles. The van der Waals surface area contributed by atoms with Crippen LogP contribution in [-0.4, -0.2) is 35.9 Å². The first-order chi connectivity index (χ1) is 7.13. The number of carbonyl (C=O) groups excluding carboxylic acids is 1. The van der Waals surface area contributed by atoms with Crippen LogP contribution in [0, 0.1) is 0 Å². The summed E-state index contributed by atoms with van der Waals surface area (Å²) in [6.07, 6.45) is 1.74. The molecule has 0 fully saturated rings. The number of rotatable bonds is 3. The van der Waals surface area contributed by atoms with Crippen molar-refractivity contribution >= 4 is 12.1 Å². The van der Waals surface area contributed by atoms with Crippen LogP contribution in [0.2, 0.25) is 0 Å². The average molecular weight is 203 g/mol. The molecule has 0 N–H and O–H groups in total. The highest BCUT2D eigenvalue weighted by Gasteiger charge is 2.05. The maximum atomic E-state index is 11.4. The lowest BCUT2D eigenvalue weighted by Gasteiger charge is -2.09. The summed E-state index contributed by atoms with van der Waals surface area (Å²) in [6, 6.07) is 7.30. The molecule has 0 atom stereocenters. The van der Waals surface area contributed by atoms with Crippen molar-refractivity contribution in [3.05, 3.63) is 40.9 Å². The summed E-state index contributed by atoms with van der Waals surface area (Å²) in [4.78, 5) is 15.9. The van der Waals surface area contributed by atoms with Crippen LogP contribution in [0.15, 0.2) is 24.3 Å². The highest BCUT2D eigenvalue weighted by Crippen LogP contribution is 2.04. The van der Waals surface area contributed by atoms with E-state index in [1.54, 1.807) is 31.1 Å². The Morgan fingerprint density at radius 2 is 2.00 bits per heavy atom. The molecule has 0 bridgehead atoms. The molecule has 78 valence electrons. The molecule has 0 heterocycles. The van der Waals surface area contributed by atoms with Gasteiger partial charge in [-0.25, -0.2) is 0 Å². The van der Waals surface area contributed by atoms with Crippen molar-refractivity contribution in [2.75, 3.05) is 14.1 Å². The lowest BCUT2D eigenvalue weighted by molar-refractivity contribution is -0.127. The van der Waals surface area contributed by atoms with Gasteiger partial charge in [0.2, 0.25) is 5.91 Å². The van der Waals surface area contributed by atoms with Gasteiger partial charge in [0.25, 0.3) is 6.21 Å². The lowest BCUT2D eigenvalue weighted by atomic mass is 10.1. The van der Waals surface area contributed by atoms with E-state index in [1.165, 1.54) is 6.21 Å². The summed E-state index contributed by atoms with van der Waals surface area (Å²) >= 11 is 0. The molecule has 1 amide bonds. The fraction of sp³-hybridized carbons (Fsp3) is 0.273. The maximum absolute atomic E-state index is 11.4. The second-order valence-corrected chi connectivity index (χ2v) is 3.45. The van der Waals surface area contributed by atoms with Crippen molar-refractivity contribution in [3.63, 3.8) is 0 Å². The Morgan fingerprint density at radius 3 is 2.47 bits per heavy atom. The van der Waals surface area contributed by atoms with Crippen molar-refractivity contribution in [1.82, 2.24) is 4.90 Å². The average Bonchev–Trinajstić information content (AvgIpc) is 2.21. The molecule has 0 aliphatic heterocycles. The summed E-state index contributed by atoms with van der Waals surface area (Å²) in [5, 5.41) is 0. The Morgan fingerprint density at radius 1 is 1.40 bits per heavy atom. The number of carbonyl (C=O) groups is 1. The molecular weight excluding hydrogens is 190 g/mol. The Labute approximate surface area is 88.8 Å². The molecule has 1 aromatic rings. The summed E-state index contributed by atoms with van der Waals surface area (Å²) in [6.45, 7) is 0. The van der Waals surface area contributed by atoms with E-state index in [9.17, 15) is 4.79 Å². The highest BCUT2D eigenvalue weighted by atomic mass is 16.2. The van der Waals surface area contributed by atoms with Crippen molar-refractivity contribution in [3.8, 4) is 0 Å². The van der Waals surface area contributed by atoms with Gasteiger partial charge in [-0.15, -0.1) is 0 Å². The normalized spacial score (nSPS) is 9.20. The van der Waals surface area contributed by atoms with Gasteiger partial charge in [0, 0.05) is 14.1 Å². The summed E-state index contributed by atoms with van der Waals surface area (Å²) < 4.78 is 0. The SMILES string of the molecule is CN(C)C(=O)Cc1ccc(C=[N+]=[N-])cc1. The predicted molar refractivity (Wildman–Crippen MR) is 57.6 cm³/mol.